The van der Waals surface area contributed by atoms with Crippen molar-refractivity contribution in [3.63, 3.8) is 0 Å². The minimum atomic E-state index is -0.473. The van der Waals surface area contributed by atoms with E-state index in [4.69, 9.17) is 4.42 Å². The van der Waals surface area contributed by atoms with Crippen molar-refractivity contribution in [1.82, 2.24) is 19.9 Å². The summed E-state index contributed by atoms with van der Waals surface area (Å²) in [6, 6.07) is 7.17. The number of carbonyl (C=O) groups excluding carboxylic acids is 1. The molecular weight excluding hydrogens is 308 g/mol. The number of rotatable bonds is 3. The molecule has 0 aliphatic carbocycles. The van der Waals surface area contributed by atoms with Crippen molar-refractivity contribution in [3.8, 4) is 0 Å². The zero-order valence-electron chi connectivity index (χ0n) is 13.2. The Labute approximate surface area is 137 Å². The van der Waals surface area contributed by atoms with Crippen LogP contribution in [0.2, 0.25) is 0 Å². The van der Waals surface area contributed by atoms with Crippen molar-refractivity contribution in [1.29, 1.82) is 0 Å². The molecule has 0 N–H and O–H groups in total. The lowest BCUT2D eigenvalue weighted by atomic mass is 9.98. The average molecular weight is 324 g/mol. The van der Waals surface area contributed by atoms with E-state index in [0.717, 1.165) is 11.9 Å². The van der Waals surface area contributed by atoms with Crippen molar-refractivity contribution in [2.75, 3.05) is 13.1 Å². The molecule has 4 rings (SSSR count). The first kappa shape index (κ1) is 14.6. The van der Waals surface area contributed by atoms with E-state index < -0.39 is 5.63 Å². The van der Waals surface area contributed by atoms with E-state index in [2.05, 4.69) is 10.3 Å². The molecule has 3 heterocycles. The Morgan fingerprint density at radius 1 is 1.29 bits per heavy atom. The molecule has 1 amide bonds. The monoisotopic (exact) mass is 324 g/mol. The summed E-state index contributed by atoms with van der Waals surface area (Å²) in [6.07, 6.45) is 3.44. The third-order valence-corrected chi connectivity index (χ3v) is 4.44. The molecule has 3 aromatic rings. The van der Waals surface area contributed by atoms with Crippen LogP contribution in [0.15, 0.2) is 45.9 Å². The van der Waals surface area contributed by atoms with Gasteiger partial charge >= 0.3 is 5.63 Å². The van der Waals surface area contributed by atoms with Crippen LogP contribution in [0, 0.1) is 12.8 Å². The summed E-state index contributed by atoms with van der Waals surface area (Å²) in [5.74, 6) is 0.242. The smallest absolute Gasteiger partial charge is 0.344 e. The lowest BCUT2D eigenvalue weighted by Crippen LogP contribution is -2.51. The first-order chi connectivity index (χ1) is 11.6. The molecule has 1 saturated heterocycles. The van der Waals surface area contributed by atoms with Gasteiger partial charge in [-0.3, -0.25) is 9.48 Å². The zero-order chi connectivity index (χ0) is 16.7. The molecule has 0 saturated carbocycles. The summed E-state index contributed by atoms with van der Waals surface area (Å²) < 4.78 is 7.06. The van der Waals surface area contributed by atoms with E-state index in [-0.39, 0.29) is 11.7 Å². The summed E-state index contributed by atoms with van der Waals surface area (Å²) in [6.45, 7) is 3.78. The molecule has 122 valence electrons. The normalized spacial score (nSPS) is 14.8. The van der Waals surface area contributed by atoms with Crippen LogP contribution in [-0.2, 0) is 6.54 Å². The maximum Gasteiger partial charge on any atom is 0.344 e. The number of hydrogen-bond acceptors (Lipinski definition) is 5. The number of benzene rings is 1. The second-order valence-corrected chi connectivity index (χ2v) is 6.09. The van der Waals surface area contributed by atoms with Crippen LogP contribution in [0.25, 0.3) is 10.8 Å². The molecule has 0 unspecified atom stereocenters. The van der Waals surface area contributed by atoms with Gasteiger partial charge in [0.2, 0.25) is 0 Å². The third-order valence-electron chi connectivity index (χ3n) is 4.44. The van der Waals surface area contributed by atoms with E-state index >= 15 is 0 Å². The number of nitrogens with zero attached hydrogens (tertiary/aromatic N) is 4. The predicted molar refractivity (Wildman–Crippen MR) is 86.6 cm³/mol. The highest BCUT2D eigenvalue weighted by Gasteiger charge is 2.34. The van der Waals surface area contributed by atoms with Gasteiger partial charge in [0.05, 0.1) is 11.6 Å². The SMILES string of the molecule is Cc1c(C(=O)N2CC(Cn3ccnn3)C2)oc(=O)c2ccccc12. The first-order valence-electron chi connectivity index (χ1n) is 7.79. The number of aryl methyl sites for hydroxylation is 1. The van der Waals surface area contributed by atoms with Crippen LogP contribution < -0.4 is 5.63 Å². The van der Waals surface area contributed by atoms with E-state index in [1.54, 1.807) is 34.1 Å². The van der Waals surface area contributed by atoms with Gasteiger partial charge in [-0.15, -0.1) is 5.10 Å². The summed E-state index contributed by atoms with van der Waals surface area (Å²) in [5.41, 5.74) is 0.231. The van der Waals surface area contributed by atoms with Gasteiger partial charge in [-0.2, -0.15) is 0 Å². The fourth-order valence-electron chi connectivity index (χ4n) is 3.13. The molecule has 7 nitrogen and oxygen atoms in total. The molecule has 1 fully saturated rings. The lowest BCUT2D eigenvalue weighted by molar-refractivity contribution is 0.0424. The summed E-state index contributed by atoms with van der Waals surface area (Å²) >= 11 is 0. The minimum Gasteiger partial charge on any atom is -0.417 e. The van der Waals surface area contributed by atoms with Gasteiger partial charge in [0.25, 0.3) is 5.91 Å². The second kappa shape index (κ2) is 5.59. The van der Waals surface area contributed by atoms with Crippen LogP contribution in [0.1, 0.15) is 16.1 Å². The largest absolute Gasteiger partial charge is 0.417 e. The number of likely N-dealkylation sites (tertiary alicyclic amines) is 1. The van der Waals surface area contributed by atoms with E-state index in [1.165, 1.54) is 0 Å². The quantitative estimate of drug-likeness (QED) is 0.728. The molecular formula is C17H16N4O3. The van der Waals surface area contributed by atoms with Gasteiger partial charge in [0.1, 0.15) is 0 Å². The number of carbonyl (C=O) groups is 1. The predicted octanol–water partition coefficient (Wildman–Crippen LogP) is 1.47. The van der Waals surface area contributed by atoms with E-state index in [0.29, 0.717) is 30.0 Å². The Balaban J connectivity index is 1.55. The molecule has 0 bridgehead atoms. The Hall–Kier alpha value is -2.96. The van der Waals surface area contributed by atoms with Crippen molar-refractivity contribution in [2.24, 2.45) is 5.92 Å². The van der Waals surface area contributed by atoms with Crippen molar-refractivity contribution >= 4 is 16.7 Å². The highest BCUT2D eigenvalue weighted by molar-refractivity contribution is 5.98. The average Bonchev–Trinajstić information content (AvgIpc) is 3.06. The van der Waals surface area contributed by atoms with Gasteiger partial charge in [-0.05, 0) is 18.4 Å². The Morgan fingerprint density at radius 3 is 2.75 bits per heavy atom. The molecule has 0 spiro atoms. The molecule has 1 aromatic carbocycles. The van der Waals surface area contributed by atoms with E-state index in [1.807, 2.05) is 19.1 Å². The molecule has 1 aliphatic heterocycles. The minimum absolute atomic E-state index is 0.137. The summed E-state index contributed by atoms with van der Waals surface area (Å²) in [4.78, 5) is 26.5. The number of aromatic nitrogens is 3. The molecule has 0 atom stereocenters. The van der Waals surface area contributed by atoms with Crippen molar-refractivity contribution in [2.45, 2.75) is 13.5 Å². The third kappa shape index (κ3) is 2.38. The van der Waals surface area contributed by atoms with Gasteiger partial charge in [-0.25, -0.2) is 4.79 Å². The molecule has 7 heteroatoms. The topological polar surface area (TPSA) is 81.2 Å². The van der Waals surface area contributed by atoms with Crippen molar-refractivity contribution < 1.29 is 9.21 Å². The number of hydrogen-bond donors (Lipinski definition) is 0. The number of fused-ring (bicyclic) bond motifs is 1. The van der Waals surface area contributed by atoms with Crippen LogP contribution in [0.3, 0.4) is 0 Å². The van der Waals surface area contributed by atoms with Crippen LogP contribution >= 0.6 is 0 Å². The summed E-state index contributed by atoms with van der Waals surface area (Å²) in [7, 11) is 0. The van der Waals surface area contributed by atoms with Crippen LogP contribution in [0.5, 0.6) is 0 Å². The first-order valence-corrected chi connectivity index (χ1v) is 7.79. The van der Waals surface area contributed by atoms with Crippen LogP contribution in [0.4, 0.5) is 0 Å². The Kier molecular flexibility index (Phi) is 3.41. The van der Waals surface area contributed by atoms with Crippen LogP contribution in [-0.4, -0.2) is 38.9 Å². The van der Waals surface area contributed by atoms with Gasteiger partial charge in [-0.1, -0.05) is 23.4 Å². The molecule has 1 aliphatic rings. The number of amides is 1. The standard InChI is InChI=1S/C17H16N4O3/c1-11-13-4-2-3-5-14(13)17(23)24-15(11)16(22)20-8-12(9-20)10-21-7-6-18-19-21/h2-7,12H,8-10H2,1H3. The van der Waals surface area contributed by atoms with E-state index in [9.17, 15) is 9.59 Å². The highest BCUT2D eigenvalue weighted by Crippen LogP contribution is 2.24. The molecule has 24 heavy (non-hydrogen) atoms. The molecule has 2 aromatic heterocycles. The second-order valence-electron chi connectivity index (χ2n) is 6.09. The van der Waals surface area contributed by atoms with Crippen molar-refractivity contribution in [3.05, 3.63) is 58.4 Å². The Morgan fingerprint density at radius 2 is 2.04 bits per heavy atom. The van der Waals surface area contributed by atoms with Gasteiger partial charge in [0, 0.05) is 37.3 Å². The summed E-state index contributed by atoms with van der Waals surface area (Å²) in [5, 5.41) is 8.96. The fourth-order valence-corrected chi connectivity index (χ4v) is 3.13. The fraction of sp³-hybridized carbons (Fsp3) is 0.294. The van der Waals surface area contributed by atoms with Gasteiger partial charge < -0.3 is 9.32 Å². The maximum atomic E-state index is 12.7. The Bertz CT molecular complexity index is 956. The zero-order valence-corrected chi connectivity index (χ0v) is 13.2. The lowest BCUT2D eigenvalue weighted by Gasteiger charge is -2.38. The highest BCUT2D eigenvalue weighted by atomic mass is 16.4. The maximum absolute atomic E-state index is 12.7. The molecule has 0 radical (unpaired) electrons. The van der Waals surface area contributed by atoms with Gasteiger partial charge in [0.15, 0.2) is 5.76 Å².